The van der Waals surface area contributed by atoms with Crippen molar-refractivity contribution in [3.8, 4) is 0 Å². The van der Waals surface area contributed by atoms with Gasteiger partial charge >= 0.3 is 0 Å². The summed E-state index contributed by atoms with van der Waals surface area (Å²) in [5.74, 6) is 0. The zero-order chi connectivity index (χ0) is 12.5. The van der Waals surface area contributed by atoms with Crippen molar-refractivity contribution in [2.45, 2.75) is 20.0 Å². The second kappa shape index (κ2) is 8.17. The maximum atomic E-state index is 5.64. The first-order valence-corrected chi connectivity index (χ1v) is 6.19. The van der Waals surface area contributed by atoms with Crippen molar-refractivity contribution in [1.29, 1.82) is 0 Å². The summed E-state index contributed by atoms with van der Waals surface area (Å²) >= 11 is 4.98. The molecule has 0 amide bonds. The molecule has 0 heterocycles. The topological polar surface area (TPSA) is 44.5 Å². The van der Waals surface area contributed by atoms with E-state index in [1.807, 2.05) is 24.3 Å². The monoisotopic (exact) mass is 253 g/mol. The summed E-state index contributed by atoms with van der Waals surface area (Å²) < 4.78 is 10.8. The number of ether oxygens (including phenoxy) is 2. The lowest BCUT2D eigenvalue weighted by molar-refractivity contribution is 0.0408. The van der Waals surface area contributed by atoms with E-state index in [1.165, 1.54) is 0 Å². The summed E-state index contributed by atoms with van der Waals surface area (Å²) in [4.78, 5) is 0.409. The van der Waals surface area contributed by atoms with Crippen molar-refractivity contribution in [1.82, 2.24) is 0 Å². The highest BCUT2D eigenvalue weighted by Gasteiger charge is 2.03. The minimum atomic E-state index is 0.409. The molecule has 17 heavy (non-hydrogen) atoms. The van der Waals surface area contributed by atoms with E-state index in [-0.39, 0.29) is 0 Å². The van der Waals surface area contributed by atoms with Gasteiger partial charge in [-0.05, 0) is 12.0 Å². The molecule has 0 spiro atoms. The van der Waals surface area contributed by atoms with Crippen molar-refractivity contribution in [3.63, 3.8) is 0 Å². The number of hydrogen-bond acceptors (Lipinski definition) is 3. The van der Waals surface area contributed by atoms with Crippen LogP contribution in [0.25, 0.3) is 0 Å². The van der Waals surface area contributed by atoms with Crippen LogP contribution in [0.4, 0.5) is 0 Å². The third-order valence-electron chi connectivity index (χ3n) is 2.26. The van der Waals surface area contributed by atoms with E-state index in [0.29, 0.717) is 24.8 Å². The second-order valence-electron chi connectivity index (χ2n) is 3.69. The highest BCUT2D eigenvalue weighted by molar-refractivity contribution is 7.80. The van der Waals surface area contributed by atoms with Gasteiger partial charge in [-0.1, -0.05) is 43.4 Å². The Hall–Kier alpha value is -0.970. The number of nitrogens with two attached hydrogens (primary N) is 1. The zero-order valence-corrected chi connectivity index (χ0v) is 11.0. The summed E-state index contributed by atoms with van der Waals surface area (Å²) in [6.45, 7) is 4.60. The smallest absolute Gasteiger partial charge is 0.104 e. The van der Waals surface area contributed by atoms with Crippen LogP contribution in [-0.4, -0.2) is 24.8 Å². The predicted molar refractivity (Wildman–Crippen MR) is 73.1 cm³/mol. The van der Waals surface area contributed by atoms with Gasteiger partial charge in [0.15, 0.2) is 0 Å². The predicted octanol–water partition coefficient (Wildman–Crippen LogP) is 2.26. The molecule has 2 N–H and O–H groups in total. The molecule has 1 aromatic rings. The molecule has 1 rings (SSSR count). The van der Waals surface area contributed by atoms with E-state index in [1.54, 1.807) is 0 Å². The van der Waals surface area contributed by atoms with Crippen LogP contribution in [0.3, 0.4) is 0 Å². The average Bonchev–Trinajstić information content (AvgIpc) is 2.34. The van der Waals surface area contributed by atoms with Gasteiger partial charge in [0.1, 0.15) is 4.99 Å². The van der Waals surface area contributed by atoms with Gasteiger partial charge in [-0.15, -0.1) is 0 Å². The summed E-state index contributed by atoms with van der Waals surface area (Å²) in [5.41, 5.74) is 7.55. The van der Waals surface area contributed by atoms with Gasteiger partial charge < -0.3 is 15.2 Å². The Morgan fingerprint density at radius 3 is 2.59 bits per heavy atom. The number of hydrogen-bond donors (Lipinski definition) is 1. The quantitative estimate of drug-likeness (QED) is 0.570. The van der Waals surface area contributed by atoms with Crippen molar-refractivity contribution in [2.75, 3.05) is 19.8 Å². The molecule has 94 valence electrons. The number of rotatable bonds is 8. The highest BCUT2D eigenvalue weighted by Crippen LogP contribution is 2.09. The SMILES string of the molecule is CCCOCCOCc1ccccc1C(N)=S. The van der Waals surface area contributed by atoms with Gasteiger partial charge in [0.05, 0.1) is 19.8 Å². The van der Waals surface area contributed by atoms with Crippen molar-refractivity contribution < 1.29 is 9.47 Å². The maximum Gasteiger partial charge on any atom is 0.104 e. The van der Waals surface area contributed by atoms with Crippen LogP contribution >= 0.6 is 12.2 Å². The van der Waals surface area contributed by atoms with Crippen LogP contribution in [0.5, 0.6) is 0 Å². The van der Waals surface area contributed by atoms with Crippen LogP contribution in [0, 0.1) is 0 Å². The van der Waals surface area contributed by atoms with Gasteiger partial charge in [0, 0.05) is 12.2 Å². The molecule has 0 saturated carbocycles. The van der Waals surface area contributed by atoms with Crippen molar-refractivity contribution in [2.24, 2.45) is 5.73 Å². The Bertz CT molecular complexity index is 355. The first-order valence-electron chi connectivity index (χ1n) is 5.79. The first kappa shape index (κ1) is 14.1. The molecule has 0 fully saturated rings. The fourth-order valence-corrected chi connectivity index (χ4v) is 1.63. The standard InChI is InChI=1S/C13H19NO2S/c1-2-7-15-8-9-16-10-11-5-3-4-6-12(11)13(14)17/h3-6H,2,7-10H2,1H3,(H2,14,17). The lowest BCUT2D eigenvalue weighted by Gasteiger charge is -2.09. The minimum Gasteiger partial charge on any atom is -0.389 e. The van der Waals surface area contributed by atoms with Crippen molar-refractivity contribution >= 4 is 17.2 Å². The molecule has 0 aliphatic heterocycles. The minimum absolute atomic E-state index is 0.409. The molecule has 0 aliphatic rings. The molecule has 4 heteroatoms. The van der Waals surface area contributed by atoms with Crippen LogP contribution in [0.2, 0.25) is 0 Å². The molecule has 0 radical (unpaired) electrons. The van der Waals surface area contributed by atoms with E-state index >= 15 is 0 Å². The van der Waals surface area contributed by atoms with Crippen LogP contribution in [-0.2, 0) is 16.1 Å². The molecule has 3 nitrogen and oxygen atoms in total. The van der Waals surface area contributed by atoms with Crippen molar-refractivity contribution in [3.05, 3.63) is 35.4 Å². The van der Waals surface area contributed by atoms with Gasteiger partial charge in [-0.2, -0.15) is 0 Å². The Balaban J connectivity index is 2.34. The van der Waals surface area contributed by atoms with E-state index < -0.39 is 0 Å². The molecule has 0 atom stereocenters. The fourth-order valence-electron chi connectivity index (χ4n) is 1.43. The molecule has 0 aliphatic carbocycles. The van der Waals surface area contributed by atoms with E-state index in [0.717, 1.165) is 24.2 Å². The molecule has 1 aromatic carbocycles. The summed E-state index contributed by atoms with van der Waals surface area (Å²) in [6, 6.07) is 7.76. The molecule has 0 unspecified atom stereocenters. The third kappa shape index (κ3) is 5.26. The molecule has 0 saturated heterocycles. The van der Waals surface area contributed by atoms with Gasteiger partial charge in [-0.3, -0.25) is 0 Å². The normalized spacial score (nSPS) is 10.4. The first-order chi connectivity index (χ1) is 8.25. The lowest BCUT2D eigenvalue weighted by atomic mass is 10.1. The van der Waals surface area contributed by atoms with Gasteiger partial charge in [0.25, 0.3) is 0 Å². The van der Waals surface area contributed by atoms with Crippen LogP contribution < -0.4 is 5.73 Å². The Labute approximate surface area is 108 Å². The van der Waals surface area contributed by atoms with E-state index in [9.17, 15) is 0 Å². The van der Waals surface area contributed by atoms with E-state index in [4.69, 9.17) is 27.4 Å². The maximum absolute atomic E-state index is 5.64. The fraction of sp³-hybridized carbons (Fsp3) is 0.462. The number of thiocarbonyl (C=S) groups is 1. The Kier molecular flexibility index (Phi) is 6.77. The lowest BCUT2D eigenvalue weighted by Crippen LogP contribution is -2.13. The summed E-state index contributed by atoms with van der Waals surface area (Å²) in [7, 11) is 0. The van der Waals surface area contributed by atoms with Crippen LogP contribution in [0.15, 0.2) is 24.3 Å². The molecule has 0 bridgehead atoms. The third-order valence-corrected chi connectivity index (χ3v) is 2.48. The van der Waals surface area contributed by atoms with Crippen LogP contribution in [0.1, 0.15) is 24.5 Å². The molecular weight excluding hydrogens is 234 g/mol. The Morgan fingerprint density at radius 2 is 1.88 bits per heavy atom. The summed E-state index contributed by atoms with van der Waals surface area (Å²) in [6.07, 6.45) is 1.03. The molecule has 0 aromatic heterocycles. The highest BCUT2D eigenvalue weighted by atomic mass is 32.1. The van der Waals surface area contributed by atoms with Gasteiger partial charge in [-0.25, -0.2) is 0 Å². The van der Waals surface area contributed by atoms with E-state index in [2.05, 4.69) is 6.92 Å². The number of benzene rings is 1. The largest absolute Gasteiger partial charge is 0.389 e. The Morgan fingerprint density at radius 1 is 1.18 bits per heavy atom. The molecular formula is C13H19NO2S. The zero-order valence-electron chi connectivity index (χ0n) is 10.1. The van der Waals surface area contributed by atoms with Gasteiger partial charge in [0.2, 0.25) is 0 Å². The average molecular weight is 253 g/mol. The second-order valence-corrected chi connectivity index (χ2v) is 4.13. The summed E-state index contributed by atoms with van der Waals surface area (Å²) in [5, 5.41) is 0.